The standard InChI is InChI=1S/C12H19NO2S/c1-2-12(14)13(10-5-7-16-9-10)8-11-4-3-6-15-11/h2,10-11H,1,3-9H2/t10-,11-/m1/s1. The highest BCUT2D eigenvalue weighted by Crippen LogP contribution is 2.24. The molecule has 0 aromatic carbocycles. The lowest BCUT2D eigenvalue weighted by Gasteiger charge is -2.29. The molecule has 4 heteroatoms. The van der Waals surface area contributed by atoms with Gasteiger partial charge in [0, 0.05) is 24.9 Å². The molecule has 2 atom stereocenters. The van der Waals surface area contributed by atoms with Crippen LogP contribution in [0.3, 0.4) is 0 Å². The van der Waals surface area contributed by atoms with Crippen molar-refractivity contribution in [3.8, 4) is 0 Å². The van der Waals surface area contributed by atoms with Gasteiger partial charge < -0.3 is 9.64 Å². The van der Waals surface area contributed by atoms with Gasteiger partial charge in [-0.05, 0) is 31.1 Å². The van der Waals surface area contributed by atoms with E-state index in [1.807, 2.05) is 16.7 Å². The van der Waals surface area contributed by atoms with Gasteiger partial charge in [0.2, 0.25) is 5.91 Å². The van der Waals surface area contributed by atoms with Crippen LogP contribution in [0, 0.1) is 0 Å². The molecule has 90 valence electrons. The summed E-state index contributed by atoms with van der Waals surface area (Å²) < 4.78 is 5.60. The Morgan fingerprint density at radius 1 is 1.56 bits per heavy atom. The van der Waals surface area contributed by atoms with Gasteiger partial charge in [0.05, 0.1) is 6.10 Å². The number of rotatable bonds is 4. The van der Waals surface area contributed by atoms with E-state index in [0.29, 0.717) is 6.04 Å². The Morgan fingerprint density at radius 2 is 2.44 bits per heavy atom. The Hall–Kier alpha value is -0.480. The molecule has 0 unspecified atom stereocenters. The van der Waals surface area contributed by atoms with Crippen molar-refractivity contribution in [1.82, 2.24) is 4.90 Å². The van der Waals surface area contributed by atoms with E-state index in [1.54, 1.807) is 0 Å². The van der Waals surface area contributed by atoms with Crippen molar-refractivity contribution in [3.05, 3.63) is 12.7 Å². The maximum absolute atomic E-state index is 11.8. The Kier molecular flexibility index (Phi) is 4.29. The van der Waals surface area contributed by atoms with Crippen LogP contribution in [-0.4, -0.2) is 47.6 Å². The van der Waals surface area contributed by atoms with E-state index in [1.165, 1.54) is 6.08 Å². The summed E-state index contributed by atoms with van der Waals surface area (Å²) in [5, 5.41) is 0. The third-order valence-corrected chi connectivity index (χ3v) is 4.37. The van der Waals surface area contributed by atoms with Crippen LogP contribution in [0.25, 0.3) is 0 Å². The predicted octanol–water partition coefficient (Wildman–Crippen LogP) is 1.69. The average Bonchev–Trinajstić information content (AvgIpc) is 2.97. The number of amides is 1. The van der Waals surface area contributed by atoms with Crippen LogP contribution in [0.2, 0.25) is 0 Å². The van der Waals surface area contributed by atoms with E-state index in [2.05, 4.69) is 6.58 Å². The third kappa shape index (κ3) is 2.80. The second-order valence-electron chi connectivity index (χ2n) is 4.35. The highest BCUT2D eigenvalue weighted by atomic mass is 32.2. The largest absolute Gasteiger partial charge is 0.376 e. The van der Waals surface area contributed by atoms with E-state index in [-0.39, 0.29) is 12.0 Å². The van der Waals surface area contributed by atoms with Crippen LogP contribution in [0.4, 0.5) is 0 Å². The van der Waals surface area contributed by atoms with E-state index < -0.39 is 0 Å². The zero-order valence-electron chi connectivity index (χ0n) is 9.56. The summed E-state index contributed by atoms with van der Waals surface area (Å²) in [5.41, 5.74) is 0. The Balaban J connectivity index is 1.95. The van der Waals surface area contributed by atoms with Crippen molar-refractivity contribution >= 4 is 17.7 Å². The minimum Gasteiger partial charge on any atom is -0.376 e. The van der Waals surface area contributed by atoms with Gasteiger partial charge in [-0.3, -0.25) is 4.79 Å². The molecule has 0 bridgehead atoms. The van der Waals surface area contributed by atoms with Crippen molar-refractivity contribution < 1.29 is 9.53 Å². The maximum Gasteiger partial charge on any atom is 0.246 e. The summed E-state index contributed by atoms with van der Waals surface area (Å²) in [4.78, 5) is 13.8. The number of ether oxygens (including phenoxy) is 1. The van der Waals surface area contributed by atoms with Gasteiger partial charge in [0.15, 0.2) is 0 Å². The Morgan fingerprint density at radius 3 is 3.00 bits per heavy atom. The molecule has 0 spiro atoms. The fourth-order valence-electron chi connectivity index (χ4n) is 2.31. The number of hydrogen-bond donors (Lipinski definition) is 0. The molecular weight excluding hydrogens is 222 g/mol. The van der Waals surface area contributed by atoms with Gasteiger partial charge in [-0.1, -0.05) is 6.58 Å². The quantitative estimate of drug-likeness (QED) is 0.701. The summed E-state index contributed by atoms with van der Waals surface area (Å²) in [7, 11) is 0. The van der Waals surface area contributed by atoms with E-state index >= 15 is 0 Å². The fraction of sp³-hybridized carbons (Fsp3) is 0.750. The van der Waals surface area contributed by atoms with Gasteiger partial charge in [-0.25, -0.2) is 0 Å². The number of hydrogen-bond acceptors (Lipinski definition) is 3. The van der Waals surface area contributed by atoms with Crippen molar-refractivity contribution in [3.63, 3.8) is 0 Å². The molecule has 2 fully saturated rings. The zero-order chi connectivity index (χ0) is 11.4. The van der Waals surface area contributed by atoms with Gasteiger partial charge in [-0.2, -0.15) is 11.8 Å². The molecule has 0 aliphatic carbocycles. The smallest absolute Gasteiger partial charge is 0.246 e. The maximum atomic E-state index is 11.8. The monoisotopic (exact) mass is 241 g/mol. The van der Waals surface area contributed by atoms with Crippen molar-refractivity contribution in [2.24, 2.45) is 0 Å². The zero-order valence-corrected chi connectivity index (χ0v) is 10.4. The summed E-state index contributed by atoms with van der Waals surface area (Å²) in [5.74, 6) is 2.28. The molecular formula is C12H19NO2S. The van der Waals surface area contributed by atoms with Crippen LogP contribution in [0.5, 0.6) is 0 Å². The van der Waals surface area contributed by atoms with Crippen LogP contribution in [0.1, 0.15) is 19.3 Å². The lowest BCUT2D eigenvalue weighted by molar-refractivity contribution is -0.129. The normalized spacial score (nSPS) is 29.2. The molecule has 1 amide bonds. The van der Waals surface area contributed by atoms with Gasteiger partial charge >= 0.3 is 0 Å². The highest BCUT2D eigenvalue weighted by Gasteiger charge is 2.29. The Bertz CT molecular complexity index is 258. The Labute approximate surface area is 101 Å². The summed E-state index contributed by atoms with van der Waals surface area (Å²) >= 11 is 1.93. The molecule has 2 saturated heterocycles. The molecule has 0 saturated carbocycles. The first-order valence-electron chi connectivity index (χ1n) is 5.93. The average molecular weight is 241 g/mol. The first-order valence-corrected chi connectivity index (χ1v) is 7.09. The molecule has 2 aliphatic rings. The van der Waals surface area contributed by atoms with Crippen LogP contribution < -0.4 is 0 Å². The van der Waals surface area contributed by atoms with Crippen molar-refractivity contribution in [1.29, 1.82) is 0 Å². The topological polar surface area (TPSA) is 29.5 Å². The molecule has 0 N–H and O–H groups in total. The summed E-state index contributed by atoms with van der Waals surface area (Å²) in [6.07, 6.45) is 4.99. The second-order valence-corrected chi connectivity index (χ2v) is 5.50. The van der Waals surface area contributed by atoms with Crippen LogP contribution >= 0.6 is 11.8 Å². The minimum absolute atomic E-state index is 0.0583. The van der Waals surface area contributed by atoms with Crippen LogP contribution in [0.15, 0.2) is 12.7 Å². The van der Waals surface area contributed by atoms with E-state index in [9.17, 15) is 4.79 Å². The predicted molar refractivity (Wildman–Crippen MR) is 66.6 cm³/mol. The first-order chi connectivity index (χ1) is 7.81. The SMILES string of the molecule is C=CC(=O)N(C[C@H]1CCCO1)[C@@H]1CCSC1. The molecule has 0 aromatic rings. The lowest BCUT2D eigenvalue weighted by Crippen LogP contribution is -2.43. The molecule has 16 heavy (non-hydrogen) atoms. The summed E-state index contributed by atoms with van der Waals surface area (Å²) in [6, 6.07) is 0.389. The number of carbonyl (C=O) groups is 1. The molecule has 0 radical (unpaired) electrons. The molecule has 3 nitrogen and oxygen atoms in total. The highest BCUT2D eigenvalue weighted by molar-refractivity contribution is 7.99. The van der Waals surface area contributed by atoms with Crippen LogP contribution in [-0.2, 0) is 9.53 Å². The third-order valence-electron chi connectivity index (χ3n) is 3.23. The minimum atomic E-state index is 0.0583. The first kappa shape index (κ1) is 12.0. The number of thioether (sulfide) groups is 1. The molecule has 2 rings (SSSR count). The van der Waals surface area contributed by atoms with Gasteiger partial charge in [-0.15, -0.1) is 0 Å². The van der Waals surface area contributed by atoms with E-state index in [4.69, 9.17) is 4.74 Å². The fourth-order valence-corrected chi connectivity index (χ4v) is 3.54. The van der Waals surface area contributed by atoms with Crippen molar-refractivity contribution in [2.45, 2.75) is 31.4 Å². The number of nitrogens with zero attached hydrogens (tertiary/aromatic N) is 1. The van der Waals surface area contributed by atoms with Gasteiger partial charge in [0.1, 0.15) is 0 Å². The molecule has 0 aromatic heterocycles. The molecule has 2 heterocycles. The second kappa shape index (κ2) is 5.73. The van der Waals surface area contributed by atoms with Crippen molar-refractivity contribution in [2.75, 3.05) is 24.7 Å². The molecule has 2 aliphatic heterocycles. The van der Waals surface area contributed by atoms with E-state index in [0.717, 1.165) is 43.9 Å². The van der Waals surface area contributed by atoms with Gasteiger partial charge in [0.25, 0.3) is 0 Å². The number of carbonyl (C=O) groups excluding carboxylic acids is 1. The lowest BCUT2D eigenvalue weighted by atomic mass is 10.1. The summed E-state index contributed by atoms with van der Waals surface area (Å²) in [6.45, 7) is 5.18.